The Hall–Kier alpha value is -1.44. The molecule has 0 spiro atoms. The number of halogens is 1. The SMILES string of the molecule is CC(C)c1cccc2ncc(F)cc12. The molecule has 0 fully saturated rings. The van der Waals surface area contributed by atoms with Gasteiger partial charge in [0.1, 0.15) is 5.82 Å². The summed E-state index contributed by atoms with van der Waals surface area (Å²) in [7, 11) is 0. The maximum atomic E-state index is 13.0. The largest absolute Gasteiger partial charge is 0.253 e. The summed E-state index contributed by atoms with van der Waals surface area (Å²) in [5, 5.41) is 0.919. The minimum Gasteiger partial charge on any atom is -0.253 e. The van der Waals surface area contributed by atoms with Gasteiger partial charge in [-0.3, -0.25) is 4.98 Å². The number of benzene rings is 1. The van der Waals surface area contributed by atoms with Gasteiger partial charge >= 0.3 is 0 Å². The standard InChI is InChI=1S/C12H12FN/c1-8(2)10-4-3-5-12-11(10)6-9(13)7-14-12/h3-8H,1-2H3. The van der Waals surface area contributed by atoms with Crippen LogP contribution >= 0.6 is 0 Å². The van der Waals surface area contributed by atoms with Crippen LogP contribution in [0.15, 0.2) is 30.5 Å². The molecule has 0 N–H and O–H groups in total. The second-order valence-electron chi connectivity index (χ2n) is 3.72. The van der Waals surface area contributed by atoms with Crippen molar-refractivity contribution < 1.29 is 4.39 Å². The van der Waals surface area contributed by atoms with Crippen molar-refractivity contribution in [3.05, 3.63) is 41.8 Å². The Morgan fingerprint density at radius 3 is 2.79 bits per heavy atom. The smallest absolute Gasteiger partial charge is 0.142 e. The lowest BCUT2D eigenvalue weighted by molar-refractivity contribution is 0.624. The zero-order chi connectivity index (χ0) is 10.1. The molecule has 0 aliphatic rings. The van der Waals surface area contributed by atoms with Crippen molar-refractivity contribution in [1.82, 2.24) is 4.98 Å². The zero-order valence-corrected chi connectivity index (χ0v) is 8.29. The summed E-state index contributed by atoms with van der Waals surface area (Å²) in [4.78, 5) is 4.05. The first-order valence-corrected chi connectivity index (χ1v) is 4.72. The molecule has 2 heteroatoms. The molecular weight excluding hydrogens is 177 g/mol. The predicted octanol–water partition coefficient (Wildman–Crippen LogP) is 3.50. The monoisotopic (exact) mass is 189 g/mol. The van der Waals surface area contributed by atoms with Crippen LogP contribution in [0.3, 0.4) is 0 Å². The molecule has 0 saturated carbocycles. The molecule has 0 radical (unpaired) electrons. The predicted molar refractivity (Wildman–Crippen MR) is 55.8 cm³/mol. The highest BCUT2D eigenvalue weighted by Gasteiger charge is 2.05. The first kappa shape index (κ1) is 9.13. The number of nitrogens with zero attached hydrogens (tertiary/aromatic N) is 1. The normalized spacial score (nSPS) is 11.1. The Balaban J connectivity index is 2.77. The Kier molecular flexibility index (Phi) is 2.20. The molecule has 0 aliphatic heterocycles. The summed E-state index contributed by atoms with van der Waals surface area (Å²) < 4.78 is 13.0. The molecule has 0 saturated heterocycles. The molecule has 0 aliphatic carbocycles. The summed E-state index contributed by atoms with van der Waals surface area (Å²) in [6.07, 6.45) is 1.26. The third-order valence-corrected chi connectivity index (χ3v) is 2.35. The van der Waals surface area contributed by atoms with E-state index in [4.69, 9.17) is 0 Å². The van der Waals surface area contributed by atoms with Crippen molar-refractivity contribution in [2.45, 2.75) is 19.8 Å². The van der Waals surface area contributed by atoms with Crippen molar-refractivity contribution in [1.29, 1.82) is 0 Å². The molecular formula is C12H12FN. The molecule has 0 bridgehead atoms. The Morgan fingerprint density at radius 1 is 1.29 bits per heavy atom. The molecule has 14 heavy (non-hydrogen) atoms. The van der Waals surface area contributed by atoms with Gasteiger partial charge in [-0.1, -0.05) is 26.0 Å². The van der Waals surface area contributed by atoms with Gasteiger partial charge in [-0.2, -0.15) is 0 Å². The van der Waals surface area contributed by atoms with Crippen LogP contribution in [0.25, 0.3) is 10.9 Å². The van der Waals surface area contributed by atoms with Crippen LogP contribution in [0, 0.1) is 5.82 Å². The van der Waals surface area contributed by atoms with E-state index in [-0.39, 0.29) is 5.82 Å². The average molecular weight is 189 g/mol. The van der Waals surface area contributed by atoms with E-state index >= 15 is 0 Å². The average Bonchev–Trinajstić information content (AvgIpc) is 2.16. The third-order valence-electron chi connectivity index (χ3n) is 2.35. The van der Waals surface area contributed by atoms with Gasteiger partial charge in [0.25, 0.3) is 0 Å². The van der Waals surface area contributed by atoms with Crippen LogP contribution in [0.2, 0.25) is 0 Å². The maximum Gasteiger partial charge on any atom is 0.142 e. The number of fused-ring (bicyclic) bond motifs is 1. The summed E-state index contributed by atoms with van der Waals surface area (Å²) in [6, 6.07) is 7.44. The number of hydrogen-bond acceptors (Lipinski definition) is 1. The molecule has 72 valence electrons. The highest BCUT2D eigenvalue weighted by molar-refractivity contribution is 5.82. The van der Waals surface area contributed by atoms with Crippen LogP contribution in [0.4, 0.5) is 4.39 Å². The second-order valence-corrected chi connectivity index (χ2v) is 3.72. The quantitative estimate of drug-likeness (QED) is 0.669. The van der Waals surface area contributed by atoms with Gasteiger partial charge in [0, 0.05) is 5.39 Å². The molecule has 1 heterocycles. The van der Waals surface area contributed by atoms with Crippen LogP contribution in [-0.4, -0.2) is 4.98 Å². The van der Waals surface area contributed by atoms with Crippen LogP contribution < -0.4 is 0 Å². The van der Waals surface area contributed by atoms with Crippen LogP contribution in [-0.2, 0) is 0 Å². The summed E-state index contributed by atoms with van der Waals surface area (Å²) in [5.74, 6) is 0.118. The van der Waals surface area contributed by atoms with Crippen LogP contribution in [0.1, 0.15) is 25.3 Å². The Labute approximate surface area is 82.6 Å². The fraction of sp³-hybridized carbons (Fsp3) is 0.250. The van der Waals surface area contributed by atoms with Crippen LogP contribution in [0.5, 0.6) is 0 Å². The lowest BCUT2D eigenvalue weighted by Crippen LogP contribution is -1.91. The van der Waals surface area contributed by atoms with E-state index in [1.807, 2.05) is 18.2 Å². The van der Waals surface area contributed by atoms with Gasteiger partial charge in [0.05, 0.1) is 11.7 Å². The number of pyridine rings is 1. The van der Waals surface area contributed by atoms with Gasteiger partial charge in [0.15, 0.2) is 0 Å². The second kappa shape index (κ2) is 3.37. The van der Waals surface area contributed by atoms with Gasteiger partial charge in [0.2, 0.25) is 0 Å². The van der Waals surface area contributed by atoms with Gasteiger partial charge in [-0.15, -0.1) is 0 Å². The van der Waals surface area contributed by atoms with E-state index in [0.29, 0.717) is 5.92 Å². The number of rotatable bonds is 1. The van der Waals surface area contributed by atoms with E-state index in [1.165, 1.54) is 6.20 Å². The molecule has 1 aromatic carbocycles. The van der Waals surface area contributed by atoms with Gasteiger partial charge in [-0.25, -0.2) is 4.39 Å². The van der Waals surface area contributed by atoms with E-state index < -0.39 is 0 Å². The topological polar surface area (TPSA) is 12.9 Å². The summed E-state index contributed by atoms with van der Waals surface area (Å²) >= 11 is 0. The molecule has 0 atom stereocenters. The molecule has 0 amide bonds. The summed E-state index contributed by atoms with van der Waals surface area (Å²) in [5.41, 5.74) is 2.01. The molecule has 0 unspecified atom stereocenters. The minimum atomic E-state index is -0.273. The van der Waals surface area contributed by atoms with Crippen molar-refractivity contribution in [2.75, 3.05) is 0 Å². The zero-order valence-electron chi connectivity index (χ0n) is 8.29. The third kappa shape index (κ3) is 1.48. The highest BCUT2D eigenvalue weighted by Crippen LogP contribution is 2.24. The van der Waals surface area contributed by atoms with E-state index in [9.17, 15) is 4.39 Å². The first-order valence-electron chi connectivity index (χ1n) is 4.72. The van der Waals surface area contributed by atoms with Gasteiger partial charge in [-0.05, 0) is 23.6 Å². The fourth-order valence-corrected chi connectivity index (χ4v) is 1.65. The van der Waals surface area contributed by atoms with E-state index in [1.54, 1.807) is 6.07 Å². The number of hydrogen-bond donors (Lipinski definition) is 0. The number of aromatic nitrogens is 1. The van der Waals surface area contributed by atoms with Gasteiger partial charge < -0.3 is 0 Å². The maximum absolute atomic E-state index is 13.0. The summed E-state index contributed by atoms with van der Waals surface area (Å²) in [6.45, 7) is 4.19. The van der Waals surface area contributed by atoms with E-state index in [0.717, 1.165) is 16.5 Å². The lowest BCUT2D eigenvalue weighted by Gasteiger charge is -2.08. The Morgan fingerprint density at radius 2 is 2.07 bits per heavy atom. The molecule has 1 nitrogen and oxygen atoms in total. The molecule has 1 aromatic heterocycles. The van der Waals surface area contributed by atoms with Crippen molar-refractivity contribution >= 4 is 10.9 Å². The van der Waals surface area contributed by atoms with Crippen molar-refractivity contribution in [3.63, 3.8) is 0 Å². The highest BCUT2D eigenvalue weighted by atomic mass is 19.1. The minimum absolute atomic E-state index is 0.273. The molecule has 2 rings (SSSR count). The van der Waals surface area contributed by atoms with E-state index in [2.05, 4.69) is 18.8 Å². The lowest BCUT2D eigenvalue weighted by atomic mass is 9.98. The Bertz CT molecular complexity index is 463. The first-order chi connectivity index (χ1) is 6.68. The fourth-order valence-electron chi connectivity index (χ4n) is 1.65. The van der Waals surface area contributed by atoms with Crippen molar-refractivity contribution in [3.8, 4) is 0 Å². The molecule has 2 aromatic rings. The van der Waals surface area contributed by atoms with Crippen molar-refractivity contribution in [2.24, 2.45) is 0 Å².